The number of hydrogen-bond donors (Lipinski definition) is 1. The van der Waals surface area contributed by atoms with Crippen LogP contribution in [0, 0.1) is 5.82 Å². The Kier molecular flexibility index (Phi) is 4.79. The van der Waals surface area contributed by atoms with Crippen LogP contribution < -0.4 is 10.2 Å². The second-order valence-corrected chi connectivity index (χ2v) is 6.72. The predicted molar refractivity (Wildman–Crippen MR) is 99.8 cm³/mol. The Hall–Kier alpha value is -3.26. The highest BCUT2D eigenvalue weighted by molar-refractivity contribution is 6.30. The summed E-state index contributed by atoms with van der Waals surface area (Å²) in [7, 11) is 0. The summed E-state index contributed by atoms with van der Waals surface area (Å²) in [6.45, 7) is 0.331. The van der Waals surface area contributed by atoms with Crippen LogP contribution in [-0.2, 0) is 4.79 Å². The standard InChI is InChI=1S/C19H14ClFN4O3/c20-13-3-1-11(2-4-13)17(27)22-19-24-23-18(28-19)12-9-16(26)25(10-12)15-7-5-14(21)6-8-15/h1-8,12H,9-10H2,(H,22,24,27). The van der Waals surface area contributed by atoms with Gasteiger partial charge in [0.15, 0.2) is 0 Å². The first-order valence-corrected chi connectivity index (χ1v) is 8.83. The van der Waals surface area contributed by atoms with E-state index in [0.29, 0.717) is 22.8 Å². The number of hydrogen-bond acceptors (Lipinski definition) is 5. The maximum absolute atomic E-state index is 13.1. The molecule has 4 rings (SSSR count). The number of nitrogens with zero attached hydrogens (tertiary/aromatic N) is 3. The Bertz CT molecular complexity index is 1020. The van der Waals surface area contributed by atoms with Crippen LogP contribution in [0.4, 0.5) is 16.1 Å². The molecule has 1 aliphatic heterocycles. The van der Waals surface area contributed by atoms with Crippen molar-refractivity contribution in [1.82, 2.24) is 10.2 Å². The van der Waals surface area contributed by atoms with E-state index < -0.39 is 5.91 Å². The topological polar surface area (TPSA) is 88.3 Å². The number of nitrogens with one attached hydrogen (secondary N) is 1. The van der Waals surface area contributed by atoms with Crippen molar-refractivity contribution in [2.45, 2.75) is 12.3 Å². The molecule has 1 fully saturated rings. The number of rotatable bonds is 4. The van der Waals surface area contributed by atoms with E-state index >= 15 is 0 Å². The zero-order valence-electron chi connectivity index (χ0n) is 14.4. The Morgan fingerprint density at radius 2 is 1.86 bits per heavy atom. The number of benzene rings is 2. The van der Waals surface area contributed by atoms with Gasteiger partial charge in [0.1, 0.15) is 5.82 Å². The zero-order valence-corrected chi connectivity index (χ0v) is 15.2. The molecule has 1 saturated heterocycles. The van der Waals surface area contributed by atoms with Crippen LogP contribution in [0.5, 0.6) is 0 Å². The highest BCUT2D eigenvalue weighted by Gasteiger charge is 2.35. The maximum atomic E-state index is 13.1. The molecule has 2 amide bonds. The molecular weight excluding hydrogens is 387 g/mol. The van der Waals surface area contributed by atoms with Crippen molar-refractivity contribution in [3.05, 3.63) is 70.8 Å². The van der Waals surface area contributed by atoms with Gasteiger partial charge in [-0.15, -0.1) is 5.10 Å². The summed E-state index contributed by atoms with van der Waals surface area (Å²) in [5.74, 6) is -0.968. The first kappa shape index (κ1) is 18.1. The second-order valence-electron chi connectivity index (χ2n) is 6.29. The van der Waals surface area contributed by atoms with Gasteiger partial charge in [-0.1, -0.05) is 16.7 Å². The van der Waals surface area contributed by atoms with Crippen LogP contribution in [0.2, 0.25) is 5.02 Å². The fourth-order valence-corrected chi connectivity index (χ4v) is 3.09. The molecule has 1 aromatic heterocycles. The van der Waals surface area contributed by atoms with Crippen molar-refractivity contribution in [3.63, 3.8) is 0 Å². The Balaban J connectivity index is 1.44. The molecule has 0 radical (unpaired) electrons. The molecule has 7 nitrogen and oxygen atoms in total. The van der Waals surface area contributed by atoms with Gasteiger partial charge < -0.3 is 9.32 Å². The molecule has 0 bridgehead atoms. The number of aromatic nitrogens is 2. The second kappa shape index (κ2) is 7.40. The maximum Gasteiger partial charge on any atom is 0.322 e. The lowest BCUT2D eigenvalue weighted by Gasteiger charge is -2.15. The largest absolute Gasteiger partial charge is 0.407 e. The molecule has 0 spiro atoms. The third kappa shape index (κ3) is 3.72. The van der Waals surface area contributed by atoms with Crippen LogP contribution >= 0.6 is 11.6 Å². The van der Waals surface area contributed by atoms with Crippen molar-refractivity contribution in [1.29, 1.82) is 0 Å². The first-order valence-electron chi connectivity index (χ1n) is 8.46. The van der Waals surface area contributed by atoms with E-state index in [9.17, 15) is 14.0 Å². The van der Waals surface area contributed by atoms with Gasteiger partial charge >= 0.3 is 6.01 Å². The van der Waals surface area contributed by atoms with Crippen molar-refractivity contribution >= 4 is 35.1 Å². The van der Waals surface area contributed by atoms with Crippen LogP contribution in [0.25, 0.3) is 0 Å². The van der Waals surface area contributed by atoms with Gasteiger partial charge in [0.05, 0.1) is 5.92 Å². The lowest BCUT2D eigenvalue weighted by atomic mass is 10.1. The molecule has 1 aliphatic rings. The lowest BCUT2D eigenvalue weighted by Crippen LogP contribution is -2.24. The SMILES string of the molecule is O=C(Nc1nnc(C2CC(=O)N(c3ccc(F)cc3)C2)o1)c1ccc(Cl)cc1. The summed E-state index contributed by atoms with van der Waals surface area (Å²) >= 11 is 5.81. The van der Waals surface area contributed by atoms with E-state index in [1.807, 2.05) is 0 Å². The highest BCUT2D eigenvalue weighted by Crippen LogP contribution is 2.31. The van der Waals surface area contributed by atoms with E-state index in [1.165, 1.54) is 12.1 Å². The minimum absolute atomic E-state index is 0.0531. The normalized spacial score (nSPS) is 16.4. The fourth-order valence-electron chi connectivity index (χ4n) is 2.96. The third-order valence-electron chi connectivity index (χ3n) is 4.38. The molecule has 1 atom stereocenters. The van der Waals surface area contributed by atoms with Crippen molar-refractivity contribution in [2.75, 3.05) is 16.8 Å². The van der Waals surface area contributed by atoms with Gasteiger partial charge in [0.2, 0.25) is 11.8 Å². The summed E-state index contributed by atoms with van der Waals surface area (Å²) in [4.78, 5) is 26.0. The highest BCUT2D eigenvalue weighted by atomic mass is 35.5. The third-order valence-corrected chi connectivity index (χ3v) is 4.63. The van der Waals surface area contributed by atoms with Gasteiger partial charge in [-0.25, -0.2) is 4.39 Å². The average Bonchev–Trinajstić information content (AvgIpc) is 3.29. The van der Waals surface area contributed by atoms with Crippen molar-refractivity contribution < 1.29 is 18.4 Å². The summed E-state index contributed by atoms with van der Waals surface area (Å²) in [6, 6.07) is 12.0. The molecule has 2 aromatic carbocycles. The quantitative estimate of drug-likeness (QED) is 0.722. The van der Waals surface area contributed by atoms with Crippen LogP contribution in [-0.4, -0.2) is 28.6 Å². The number of carbonyl (C=O) groups excluding carboxylic acids is 2. The van der Waals surface area contributed by atoms with Gasteiger partial charge in [-0.2, -0.15) is 0 Å². The molecule has 28 heavy (non-hydrogen) atoms. The Morgan fingerprint density at radius 3 is 2.57 bits per heavy atom. The molecule has 0 saturated carbocycles. The van der Waals surface area contributed by atoms with E-state index in [1.54, 1.807) is 41.3 Å². The van der Waals surface area contributed by atoms with Crippen molar-refractivity contribution in [2.24, 2.45) is 0 Å². The molecule has 142 valence electrons. The fraction of sp³-hybridized carbons (Fsp3) is 0.158. The summed E-state index contributed by atoms with van der Waals surface area (Å²) in [6.07, 6.45) is 0.185. The molecule has 0 aliphatic carbocycles. The molecule has 1 unspecified atom stereocenters. The molecular formula is C19H14ClFN4O3. The number of amides is 2. The van der Waals surface area contributed by atoms with Crippen LogP contribution in [0.1, 0.15) is 28.6 Å². The van der Waals surface area contributed by atoms with Crippen LogP contribution in [0.3, 0.4) is 0 Å². The Labute approximate surface area is 164 Å². The molecule has 9 heteroatoms. The van der Waals surface area contributed by atoms with Gasteiger partial charge in [-0.3, -0.25) is 14.9 Å². The van der Waals surface area contributed by atoms with E-state index in [4.69, 9.17) is 16.0 Å². The number of anilines is 2. The van der Waals surface area contributed by atoms with Gasteiger partial charge in [0.25, 0.3) is 5.91 Å². The smallest absolute Gasteiger partial charge is 0.322 e. The van der Waals surface area contributed by atoms with E-state index in [2.05, 4.69) is 15.5 Å². The summed E-state index contributed by atoms with van der Waals surface area (Å²) in [5.41, 5.74) is 0.993. The first-order chi connectivity index (χ1) is 13.5. The summed E-state index contributed by atoms with van der Waals surface area (Å²) < 4.78 is 18.6. The minimum atomic E-state index is -0.415. The zero-order chi connectivity index (χ0) is 19.7. The average molecular weight is 401 g/mol. The Morgan fingerprint density at radius 1 is 1.14 bits per heavy atom. The predicted octanol–water partition coefficient (Wildman–Crippen LogP) is 3.63. The molecule has 3 aromatic rings. The van der Waals surface area contributed by atoms with Crippen molar-refractivity contribution in [3.8, 4) is 0 Å². The summed E-state index contributed by atoms with van der Waals surface area (Å²) in [5, 5.41) is 10.8. The van der Waals surface area contributed by atoms with Crippen LogP contribution in [0.15, 0.2) is 52.9 Å². The number of halogens is 2. The monoisotopic (exact) mass is 400 g/mol. The van der Waals surface area contributed by atoms with Gasteiger partial charge in [0, 0.05) is 29.2 Å². The van der Waals surface area contributed by atoms with Gasteiger partial charge in [-0.05, 0) is 48.5 Å². The van der Waals surface area contributed by atoms with E-state index in [0.717, 1.165) is 0 Å². The minimum Gasteiger partial charge on any atom is -0.407 e. The molecule has 1 N–H and O–H groups in total. The number of carbonyl (C=O) groups is 2. The van der Waals surface area contributed by atoms with E-state index in [-0.39, 0.29) is 36.0 Å². The lowest BCUT2D eigenvalue weighted by molar-refractivity contribution is -0.117. The molecule has 2 heterocycles.